The predicted octanol–water partition coefficient (Wildman–Crippen LogP) is 1.12. The Labute approximate surface area is 147 Å². The standard InChI is InChI=1S/C18H23N5O2/c1-25-17-9-13(4-6-20-17)22-7-5-12(10-22)18(24)21-15-8-14-2-3-16(15)23(14)11-19/h4,6,9,12,14-16H,2-3,5,7-8,10H2,1H3,(H,21,24)/t12-,14-,15+,16+/m0/s1. The first kappa shape index (κ1) is 16.0. The number of nitrogens with zero attached hydrogens (tertiary/aromatic N) is 4. The molecule has 132 valence electrons. The van der Waals surface area contributed by atoms with Crippen LogP contribution in [0, 0.1) is 17.4 Å². The summed E-state index contributed by atoms with van der Waals surface area (Å²) in [5.74, 6) is 0.705. The van der Waals surface area contributed by atoms with E-state index in [0.717, 1.165) is 37.9 Å². The molecule has 4 atom stereocenters. The summed E-state index contributed by atoms with van der Waals surface area (Å²) in [6.45, 7) is 1.56. The highest BCUT2D eigenvalue weighted by Gasteiger charge is 2.47. The lowest BCUT2D eigenvalue weighted by Crippen LogP contribution is -2.46. The highest BCUT2D eigenvalue weighted by Crippen LogP contribution is 2.37. The summed E-state index contributed by atoms with van der Waals surface area (Å²) >= 11 is 0. The maximum absolute atomic E-state index is 12.7. The molecule has 2 bridgehead atoms. The van der Waals surface area contributed by atoms with Gasteiger partial charge in [-0.3, -0.25) is 4.79 Å². The molecule has 1 N–H and O–H groups in total. The number of nitriles is 1. The highest BCUT2D eigenvalue weighted by molar-refractivity contribution is 5.80. The molecule has 0 aromatic carbocycles. The molecule has 0 saturated carbocycles. The van der Waals surface area contributed by atoms with Crippen molar-refractivity contribution in [1.29, 1.82) is 5.26 Å². The number of amides is 1. The van der Waals surface area contributed by atoms with Crippen LogP contribution >= 0.6 is 0 Å². The molecule has 3 fully saturated rings. The third kappa shape index (κ3) is 2.86. The second kappa shape index (κ2) is 6.43. The van der Waals surface area contributed by atoms with Crippen LogP contribution < -0.4 is 15.0 Å². The van der Waals surface area contributed by atoms with E-state index in [1.807, 2.05) is 17.0 Å². The zero-order valence-electron chi connectivity index (χ0n) is 14.4. The Morgan fingerprint density at radius 2 is 2.32 bits per heavy atom. The van der Waals surface area contributed by atoms with Crippen molar-refractivity contribution in [3.8, 4) is 12.1 Å². The Hall–Kier alpha value is -2.49. The number of pyridine rings is 1. The SMILES string of the molecule is COc1cc(N2CC[C@H](C(=O)N[C@@H]3C[C@@H]4CC[C@H]3N4C#N)C2)ccn1. The number of hydrogen-bond acceptors (Lipinski definition) is 6. The molecule has 1 aromatic heterocycles. The van der Waals surface area contributed by atoms with Crippen LogP contribution in [-0.2, 0) is 4.79 Å². The van der Waals surface area contributed by atoms with Crippen LogP contribution in [0.3, 0.4) is 0 Å². The van der Waals surface area contributed by atoms with Gasteiger partial charge in [-0.25, -0.2) is 4.98 Å². The van der Waals surface area contributed by atoms with E-state index in [4.69, 9.17) is 4.74 Å². The van der Waals surface area contributed by atoms with E-state index < -0.39 is 0 Å². The zero-order chi connectivity index (χ0) is 17.4. The molecule has 0 unspecified atom stereocenters. The molecule has 4 heterocycles. The number of methoxy groups -OCH3 is 1. The van der Waals surface area contributed by atoms with Gasteiger partial charge in [-0.05, 0) is 31.7 Å². The third-order valence-electron chi connectivity index (χ3n) is 5.83. The van der Waals surface area contributed by atoms with Gasteiger partial charge in [-0.2, -0.15) is 5.26 Å². The number of rotatable bonds is 4. The molecule has 3 saturated heterocycles. The topological polar surface area (TPSA) is 81.5 Å². The molecular weight excluding hydrogens is 318 g/mol. The van der Waals surface area contributed by atoms with Gasteiger partial charge in [0.15, 0.2) is 6.19 Å². The second-order valence-electron chi connectivity index (χ2n) is 7.14. The first-order chi connectivity index (χ1) is 12.2. The Morgan fingerprint density at radius 1 is 1.44 bits per heavy atom. The van der Waals surface area contributed by atoms with Crippen molar-refractivity contribution in [2.24, 2.45) is 5.92 Å². The van der Waals surface area contributed by atoms with Crippen LogP contribution in [0.4, 0.5) is 5.69 Å². The Morgan fingerprint density at radius 3 is 3.08 bits per heavy atom. The second-order valence-corrected chi connectivity index (χ2v) is 7.14. The molecule has 7 heteroatoms. The van der Waals surface area contributed by atoms with Crippen LogP contribution in [0.5, 0.6) is 5.88 Å². The van der Waals surface area contributed by atoms with Crippen molar-refractivity contribution >= 4 is 11.6 Å². The average molecular weight is 341 g/mol. The van der Waals surface area contributed by atoms with E-state index in [2.05, 4.69) is 21.4 Å². The number of fused-ring (bicyclic) bond motifs is 2. The van der Waals surface area contributed by atoms with Gasteiger partial charge in [-0.15, -0.1) is 0 Å². The van der Waals surface area contributed by atoms with Crippen LogP contribution in [-0.4, -0.2) is 54.1 Å². The largest absolute Gasteiger partial charge is 0.481 e. The fourth-order valence-electron chi connectivity index (χ4n) is 4.52. The van der Waals surface area contributed by atoms with Crippen molar-refractivity contribution in [2.75, 3.05) is 25.1 Å². The summed E-state index contributed by atoms with van der Waals surface area (Å²) in [6, 6.07) is 4.50. The maximum Gasteiger partial charge on any atom is 0.225 e. The lowest BCUT2D eigenvalue weighted by atomic mass is 9.95. The van der Waals surface area contributed by atoms with E-state index in [0.29, 0.717) is 18.5 Å². The molecule has 1 aromatic rings. The van der Waals surface area contributed by atoms with Gasteiger partial charge in [-0.1, -0.05) is 0 Å². The third-order valence-corrected chi connectivity index (χ3v) is 5.83. The summed E-state index contributed by atoms with van der Waals surface area (Å²) in [4.78, 5) is 20.9. The molecule has 7 nitrogen and oxygen atoms in total. The Bertz CT molecular complexity index is 703. The smallest absolute Gasteiger partial charge is 0.225 e. The number of anilines is 1. The monoisotopic (exact) mass is 341 g/mol. The number of carbonyl (C=O) groups is 1. The first-order valence-corrected chi connectivity index (χ1v) is 8.93. The highest BCUT2D eigenvalue weighted by atomic mass is 16.5. The van der Waals surface area contributed by atoms with E-state index in [-0.39, 0.29) is 23.9 Å². The number of hydrogen-bond donors (Lipinski definition) is 1. The van der Waals surface area contributed by atoms with Gasteiger partial charge >= 0.3 is 0 Å². The fourth-order valence-corrected chi connectivity index (χ4v) is 4.52. The minimum atomic E-state index is -0.00572. The van der Waals surface area contributed by atoms with Gasteiger partial charge in [0.1, 0.15) is 0 Å². The lowest BCUT2D eigenvalue weighted by molar-refractivity contribution is -0.125. The molecule has 1 amide bonds. The van der Waals surface area contributed by atoms with Crippen LogP contribution in [0.2, 0.25) is 0 Å². The first-order valence-electron chi connectivity index (χ1n) is 8.93. The number of nitrogens with one attached hydrogen (secondary N) is 1. The van der Waals surface area contributed by atoms with Gasteiger partial charge in [0.05, 0.1) is 25.1 Å². The van der Waals surface area contributed by atoms with Crippen molar-refractivity contribution in [3.63, 3.8) is 0 Å². The molecule has 3 aliphatic rings. The summed E-state index contributed by atoms with van der Waals surface area (Å²) in [5.41, 5.74) is 1.04. The molecular formula is C18H23N5O2. The van der Waals surface area contributed by atoms with Gasteiger partial charge in [0.25, 0.3) is 0 Å². The minimum Gasteiger partial charge on any atom is -0.481 e. The van der Waals surface area contributed by atoms with Crippen molar-refractivity contribution < 1.29 is 9.53 Å². The summed E-state index contributed by atoms with van der Waals surface area (Å²) in [6.07, 6.45) is 7.86. The summed E-state index contributed by atoms with van der Waals surface area (Å²) < 4.78 is 5.18. The van der Waals surface area contributed by atoms with Crippen molar-refractivity contribution in [1.82, 2.24) is 15.2 Å². The summed E-state index contributed by atoms with van der Waals surface area (Å²) in [7, 11) is 1.60. The molecule has 0 aliphatic carbocycles. The van der Waals surface area contributed by atoms with Crippen LogP contribution in [0.1, 0.15) is 25.7 Å². The zero-order valence-corrected chi connectivity index (χ0v) is 14.4. The normalized spacial score (nSPS) is 30.4. The summed E-state index contributed by atoms with van der Waals surface area (Å²) in [5, 5.41) is 12.5. The molecule has 25 heavy (non-hydrogen) atoms. The van der Waals surface area contributed by atoms with Crippen molar-refractivity contribution in [3.05, 3.63) is 18.3 Å². The van der Waals surface area contributed by atoms with Crippen LogP contribution in [0.25, 0.3) is 0 Å². The van der Waals surface area contributed by atoms with E-state index in [1.165, 1.54) is 0 Å². The number of carbonyl (C=O) groups excluding carboxylic acids is 1. The molecule has 3 aliphatic heterocycles. The van der Waals surface area contributed by atoms with Crippen molar-refractivity contribution in [2.45, 2.75) is 43.8 Å². The van der Waals surface area contributed by atoms with E-state index >= 15 is 0 Å². The Balaban J connectivity index is 1.36. The quantitative estimate of drug-likeness (QED) is 0.827. The molecule has 0 spiro atoms. The van der Waals surface area contributed by atoms with E-state index in [1.54, 1.807) is 13.3 Å². The molecule has 0 radical (unpaired) electrons. The van der Waals surface area contributed by atoms with Gasteiger partial charge in [0, 0.05) is 37.1 Å². The van der Waals surface area contributed by atoms with Crippen LogP contribution in [0.15, 0.2) is 18.3 Å². The maximum atomic E-state index is 12.7. The number of ether oxygens (including phenoxy) is 1. The fraction of sp³-hybridized carbons (Fsp3) is 0.611. The van der Waals surface area contributed by atoms with Gasteiger partial charge < -0.3 is 19.9 Å². The lowest BCUT2D eigenvalue weighted by Gasteiger charge is -2.24. The minimum absolute atomic E-state index is 0.00572. The predicted molar refractivity (Wildman–Crippen MR) is 91.9 cm³/mol. The molecule has 4 rings (SSSR count). The Kier molecular flexibility index (Phi) is 4.12. The van der Waals surface area contributed by atoms with Gasteiger partial charge in [0.2, 0.25) is 11.8 Å². The number of aromatic nitrogens is 1. The van der Waals surface area contributed by atoms with E-state index in [9.17, 15) is 10.1 Å². The average Bonchev–Trinajstić information content (AvgIpc) is 3.35.